The Bertz CT molecular complexity index is 910. The molecule has 0 aromatic heterocycles. The average molecular weight is 282 g/mol. The molecule has 0 nitrogen and oxygen atoms in total. The maximum atomic E-state index is 2.28. The molecule has 0 radical (unpaired) electrons. The highest BCUT2D eigenvalue weighted by Crippen LogP contribution is 2.28. The zero-order chi connectivity index (χ0) is 15.1. The molecule has 0 unspecified atom stereocenters. The van der Waals surface area contributed by atoms with Gasteiger partial charge in [0.15, 0.2) is 0 Å². The molecule has 106 valence electrons. The Hall–Kier alpha value is -2.60. The summed E-state index contributed by atoms with van der Waals surface area (Å²) in [5.41, 5.74) is 5.17. The highest BCUT2D eigenvalue weighted by Gasteiger charge is 2.02. The first-order valence-corrected chi connectivity index (χ1v) is 7.70. The SMILES string of the molecule is Cc1ccc2cc(-c3ccc4cc(C)ccc4c3)ccc2c1. The van der Waals surface area contributed by atoms with Gasteiger partial charge in [0.25, 0.3) is 0 Å². The van der Waals surface area contributed by atoms with Crippen LogP contribution in [-0.2, 0) is 0 Å². The topological polar surface area (TPSA) is 0 Å². The summed E-state index contributed by atoms with van der Waals surface area (Å²) in [7, 11) is 0. The molecule has 0 heterocycles. The van der Waals surface area contributed by atoms with E-state index in [1.165, 1.54) is 43.8 Å². The van der Waals surface area contributed by atoms with Gasteiger partial charge in [-0.05, 0) is 58.7 Å². The maximum absolute atomic E-state index is 2.28. The lowest BCUT2D eigenvalue weighted by molar-refractivity contribution is 1.50. The summed E-state index contributed by atoms with van der Waals surface area (Å²) in [5, 5.41) is 5.21. The second kappa shape index (κ2) is 4.99. The zero-order valence-corrected chi connectivity index (χ0v) is 12.9. The first-order chi connectivity index (χ1) is 10.7. The van der Waals surface area contributed by atoms with Crippen molar-refractivity contribution in [1.29, 1.82) is 0 Å². The van der Waals surface area contributed by atoms with E-state index in [4.69, 9.17) is 0 Å². The third-order valence-corrected chi connectivity index (χ3v) is 4.32. The van der Waals surface area contributed by atoms with Crippen LogP contribution < -0.4 is 0 Å². The Labute approximate surface area is 131 Å². The van der Waals surface area contributed by atoms with Gasteiger partial charge in [0, 0.05) is 0 Å². The molecule has 0 amide bonds. The maximum Gasteiger partial charge on any atom is -0.0177 e. The van der Waals surface area contributed by atoms with Crippen molar-refractivity contribution in [3.05, 3.63) is 83.9 Å². The number of fused-ring (bicyclic) bond motifs is 2. The molecule has 0 atom stereocenters. The van der Waals surface area contributed by atoms with Crippen molar-refractivity contribution in [3.63, 3.8) is 0 Å². The largest absolute Gasteiger partial charge is 0.0587 e. The van der Waals surface area contributed by atoms with Gasteiger partial charge in [0.2, 0.25) is 0 Å². The minimum Gasteiger partial charge on any atom is -0.0587 e. The molecule has 0 aliphatic heterocycles. The van der Waals surface area contributed by atoms with Gasteiger partial charge in [-0.3, -0.25) is 0 Å². The third-order valence-electron chi connectivity index (χ3n) is 4.32. The fourth-order valence-corrected chi connectivity index (χ4v) is 3.09. The molecule has 0 aliphatic rings. The van der Waals surface area contributed by atoms with Gasteiger partial charge < -0.3 is 0 Å². The lowest BCUT2D eigenvalue weighted by Gasteiger charge is -2.07. The summed E-state index contributed by atoms with van der Waals surface area (Å²) in [6, 6.07) is 26.7. The fourth-order valence-electron chi connectivity index (χ4n) is 3.09. The molecule has 0 heteroatoms. The van der Waals surface area contributed by atoms with Crippen molar-refractivity contribution < 1.29 is 0 Å². The van der Waals surface area contributed by atoms with E-state index in [1.807, 2.05) is 0 Å². The molecule has 0 aliphatic carbocycles. The van der Waals surface area contributed by atoms with Crippen LogP contribution >= 0.6 is 0 Å². The van der Waals surface area contributed by atoms with Crippen LogP contribution in [0.15, 0.2) is 72.8 Å². The molecule has 0 N–H and O–H groups in total. The molecule has 4 aromatic carbocycles. The van der Waals surface area contributed by atoms with Gasteiger partial charge in [-0.2, -0.15) is 0 Å². The predicted molar refractivity (Wildman–Crippen MR) is 96.4 cm³/mol. The molecule has 0 saturated carbocycles. The first kappa shape index (κ1) is 13.1. The van der Waals surface area contributed by atoms with E-state index in [1.54, 1.807) is 0 Å². The molecule has 22 heavy (non-hydrogen) atoms. The third kappa shape index (κ3) is 2.27. The summed E-state index contributed by atoms with van der Waals surface area (Å²) in [4.78, 5) is 0. The van der Waals surface area contributed by atoms with Crippen LogP contribution in [0.1, 0.15) is 11.1 Å². The molecule has 0 spiro atoms. The van der Waals surface area contributed by atoms with Crippen LogP contribution in [0, 0.1) is 13.8 Å². The molecule has 4 aromatic rings. The zero-order valence-electron chi connectivity index (χ0n) is 12.9. The fraction of sp³-hybridized carbons (Fsp3) is 0.0909. The van der Waals surface area contributed by atoms with Gasteiger partial charge >= 0.3 is 0 Å². The number of hydrogen-bond donors (Lipinski definition) is 0. The van der Waals surface area contributed by atoms with E-state index < -0.39 is 0 Å². The first-order valence-electron chi connectivity index (χ1n) is 7.70. The van der Waals surface area contributed by atoms with Crippen molar-refractivity contribution in [2.75, 3.05) is 0 Å². The van der Waals surface area contributed by atoms with E-state index in [-0.39, 0.29) is 0 Å². The van der Waals surface area contributed by atoms with Gasteiger partial charge in [-0.1, -0.05) is 71.8 Å². The second-order valence-corrected chi connectivity index (χ2v) is 6.13. The van der Waals surface area contributed by atoms with E-state index >= 15 is 0 Å². The van der Waals surface area contributed by atoms with Gasteiger partial charge in [0.1, 0.15) is 0 Å². The number of aryl methyl sites for hydroxylation is 2. The van der Waals surface area contributed by atoms with Gasteiger partial charge in [-0.25, -0.2) is 0 Å². The number of benzene rings is 4. The molecule has 0 bridgehead atoms. The van der Waals surface area contributed by atoms with Crippen molar-refractivity contribution in [2.24, 2.45) is 0 Å². The monoisotopic (exact) mass is 282 g/mol. The van der Waals surface area contributed by atoms with E-state index in [2.05, 4.69) is 86.6 Å². The minimum absolute atomic E-state index is 1.28. The highest BCUT2D eigenvalue weighted by atomic mass is 14.1. The number of hydrogen-bond acceptors (Lipinski definition) is 0. The van der Waals surface area contributed by atoms with Gasteiger partial charge in [0.05, 0.1) is 0 Å². The highest BCUT2D eigenvalue weighted by molar-refractivity contribution is 5.91. The summed E-state index contributed by atoms with van der Waals surface area (Å²) in [6.07, 6.45) is 0. The van der Waals surface area contributed by atoms with Gasteiger partial charge in [-0.15, -0.1) is 0 Å². The van der Waals surface area contributed by atoms with Crippen LogP contribution in [0.2, 0.25) is 0 Å². The lowest BCUT2D eigenvalue weighted by Crippen LogP contribution is -1.82. The van der Waals surface area contributed by atoms with E-state index in [0.717, 1.165) is 0 Å². The van der Waals surface area contributed by atoms with Crippen LogP contribution in [0.5, 0.6) is 0 Å². The summed E-state index contributed by atoms with van der Waals surface area (Å²) < 4.78 is 0. The predicted octanol–water partition coefficient (Wildman–Crippen LogP) is 6.28. The Morgan fingerprint density at radius 2 is 0.773 bits per heavy atom. The summed E-state index contributed by atoms with van der Waals surface area (Å²) >= 11 is 0. The van der Waals surface area contributed by atoms with Crippen LogP contribution in [0.25, 0.3) is 32.7 Å². The minimum atomic E-state index is 1.28. The quantitative estimate of drug-likeness (QED) is 0.385. The Morgan fingerprint density at radius 3 is 1.23 bits per heavy atom. The van der Waals surface area contributed by atoms with Crippen molar-refractivity contribution in [2.45, 2.75) is 13.8 Å². The smallest absolute Gasteiger partial charge is 0.0177 e. The van der Waals surface area contributed by atoms with Crippen LogP contribution in [0.4, 0.5) is 0 Å². The number of rotatable bonds is 1. The normalized spacial score (nSPS) is 11.2. The van der Waals surface area contributed by atoms with E-state index in [0.29, 0.717) is 0 Å². The van der Waals surface area contributed by atoms with Crippen molar-refractivity contribution >= 4 is 21.5 Å². The lowest BCUT2D eigenvalue weighted by atomic mass is 9.97. The van der Waals surface area contributed by atoms with Crippen molar-refractivity contribution in [3.8, 4) is 11.1 Å². The Balaban J connectivity index is 1.87. The second-order valence-electron chi connectivity index (χ2n) is 6.13. The summed E-state index contributed by atoms with van der Waals surface area (Å²) in [6.45, 7) is 4.28. The molecular weight excluding hydrogens is 264 g/mol. The van der Waals surface area contributed by atoms with Crippen LogP contribution in [0.3, 0.4) is 0 Å². The van der Waals surface area contributed by atoms with E-state index in [9.17, 15) is 0 Å². The standard InChI is InChI=1S/C22H18/c1-15-3-5-19-13-21(9-7-17(19)11-15)22-10-8-18-12-16(2)4-6-20(18)14-22/h3-14H,1-2H3. The molecular formula is C22H18. The molecule has 0 fully saturated rings. The van der Waals surface area contributed by atoms with Crippen molar-refractivity contribution in [1.82, 2.24) is 0 Å². The molecule has 0 saturated heterocycles. The Kier molecular flexibility index (Phi) is 2.97. The molecule has 4 rings (SSSR count). The average Bonchev–Trinajstić information content (AvgIpc) is 2.54. The van der Waals surface area contributed by atoms with Crippen LogP contribution in [-0.4, -0.2) is 0 Å². The summed E-state index contributed by atoms with van der Waals surface area (Å²) in [5.74, 6) is 0. The Morgan fingerprint density at radius 1 is 0.409 bits per heavy atom.